The first-order valence-electron chi connectivity index (χ1n) is 5.86. The van der Waals surface area contributed by atoms with Crippen molar-refractivity contribution in [1.82, 2.24) is 10.2 Å². The van der Waals surface area contributed by atoms with Crippen LogP contribution in [0.2, 0.25) is 5.02 Å². The minimum absolute atomic E-state index is 0. The monoisotopic (exact) mass is 368 g/mol. The van der Waals surface area contributed by atoms with E-state index < -0.39 is 18.0 Å². The number of halogens is 7. The summed E-state index contributed by atoms with van der Waals surface area (Å²) >= 11 is 5.77. The van der Waals surface area contributed by atoms with Crippen LogP contribution in [0.5, 0.6) is 0 Å². The molecule has 0 aliphatic carbocycles. The number of nitrogens with zero attached hydrogens (tertiary/aromatic N) is 1. The maximum atomic E-state index is 13.3. The third kappa shape index (κ3) is 5.14. The zero-order valence-corrected chi connectivity index (χ0v) is 13.2. The Hall–Kier alpha value is -0.270. The van der Waals surface area contributed by atoms with Gasteiger partial charge in [-0.15, -0.1) is 24.8 Å². The molecule has 1 aromatic rings. The minimum atomic E-state index is -4.45. The van der Waals surface area contributed by atoms with Crippen molar-refractivity contribution in [3.8, 4) is 0 Å². The van der Waals surface area contributed by atoms with Gasteiger partial charge in [0.05, 0.1) is 0 Å². The van der Waals surface area contributed by atoms with E-state index in [1.54, 1.807) is 0 Å². The summed E-state index contributed by atoms with van der Waals surface area (Å²) in [6, 6.07) is 1.24. The summed E-state index contributed by atoms with van der Waals surface area (Å²) < 4.78 is 52.7. The predicted octanol–water partition coefficient (Wildman–Crippen LogP) is 3.83. The van der Waals surface area contributed by atoms with E-state index in [0.29, 0.717) is 13.1 Å². The van der Waals surface area contributed by atoms with Crippen LogP contribution in [0.3, 0.4) is 0 Å². The standard InChI is InChI=1S/C12H13ClF4N2.2ClH/c13-10-7-8(14)1-2-9(10)11(12(15,16)17)19-5-3-18-4-6-19;;/h1-2,7,11,18H,3-6H2;2*1H/t11-;;/m1../s1. The molecule has 0 aromatic heterocycles. The van der Waals surface area contributed by atoms with Gasteiger partial charge in [-0.2, -0.15) is 13.2 Å². The summed E-state index contributed by atoms with van der Waals surface area (Å²) in [5.74, 6) is -0.644. The quantitative estimate of drug-likeness (QED) is 0.797. The van der Waals surface area contributed by atoms with E-state index in [1.807, 2.05) is 0 Å². The van der Waals surface area contributed by atoms with E-state index in [4.69, 9.17) is 11.6 Å². The molecule has 122 valence electrons. The zero-order valence-electron chi connectivity index (χ0n) is 10.8. The molecular formula is C12H15Cl3F4N2. The molecule has 2 rings (SSSR count). The smallest absolute Gasteiger partial charge is 0.314 e. The molecule has 1 heterocycles. The Morgan fingerprint density at radius 3 is 2.19 bits per heavy atom. The molecule has 0 radical (unpaired) electrons. The highest BCUT2D eigenvalue weighted by Gasteiger charge is 2.45. The van der Waals surface area contributed by atoms with Crippen molar-refractivity contribution in [3.05, 3.63) is 34.6 Å². The molecule has 1 atom stereocenters. The average molecular weight is 370 g/mol. The Kier molecular flexibility index (Phi) is 8.28. The van der Waals surface area contributed by atoms with Crippen LogP contribution in [0, 0.1) is 5.82 Å². The van der Waals surface area contributed by atoms with Crippen LogP contribution in [-0.2, 0) is 0 Å². The van der Waals surface area contributed by atoms with Gasteiger partial charge in [-0.3, -0.25) is 4.90 Å². The summed E-state index contributed by atoms with van der Waals surface area (Å²) in [6.45, 7) is 1.53. The fourth-order valence-electron chi connectivity index (χ4n) is 2.24. The lowest BCUT2D eigenvalue weighted by Gasteiger charge is -2.36. The van der Waals surface area contributed by atoms with Crippen molar-refractivity contribution in [2.24, 2.45) is 0 Å². The molecule has 0 amide bonds. The van der Waals surface area contributed by atoms with E-state index in [9.17, 15) is 17.6 Å². The molecule has 0 saturated carbocycles. The van der Waals surface area contributed by atoms with Crippen LogP contribution in [0.4, 0.5) is 17.6 Å². The molecule has 9 heteroatoms. The lowest BCUT2D eigenvalue weighted by molar-refractivity contribution is -0.187. The van der Waals surface area contributed by atoms with Crippen LogP contribution in [0.25, 0.3) is 0 Å². The summed E-state index contributed by atoms with van der Waals surface area (Å²) in [4.78, 5) is 1.32. The van der Waals surface area contributed by atoms with E-state index in [1.165, 1.54) is 4.90 Å². The Morgan fingerprint density at radius 2 is 1.71 bits per heavy atom. The summed E-state index contributed by atoms with van der Waals surface area (Å²) in [5.41, 5.74) is -0.0996. The van der Waals surface area contributed by atoms with E-state index in [0.717, 1.165) is 18.2 Å². The maximum absolute atomic E-state index is 13.3. The second kappa shape index (κ2) is 8.39. The van der Waals surface area contributed by atoms with Crippen LogP contribution in [0.15, 0.2) is 18.2 Å². The lowest BCUT2D eigenvalue weighted by atomic mass is 10.0. The Labute approximate surface area is 137 Å². The second-order valence-corrected chi connectivity index (χ2v) is 4.80. The molecule has 1 aliphatic rings. The SMILES string of the molecule is Cl.Cl.Fc1ccc([C@@H](N2CCNCC2)C(F)(F)F)c(Cl)c1. The Balaban J connectivity index is 0.00000200. The third-order valence-corrected chi connectivity index (χ3v) is 3.41. The summed E-state index contributed by atoms with van der Waals surface area (Å²) in [6.07, 6.45) is -4.45. The highest BCUT2D eigenvalue weighted by molar-refractivity contribution is 6.31. The molecule has 2 nitrogen and oxygen atoms in total. The van der Waals surface area contributed by atoms with Crippen LogP contribution < -0.4 is 5.32 Å². The van der Waals surface area contributed by atoms with Crippen LogP contribution in [0.1, 0.15) is 11.6 Å². The van der Waals surface area contributed by atoms with Gasteiger partial charge < -0.3 is 5.32 Å². The van der Waals surface area contributed by atoms with Crippen molar-refractivity contribution in [2.75, 3.05) is 26.2 Å². The van der Waals surface area contributed by atoms with Gasteiger partial charge in [0, 0.05) is 31.2 Å². The molecule has 1 N–H and O–H groups in total. The Morgan fingerprint density at radius 1 is 1.14 bits per heavy atom. The molecule has 1 fully saturated rings. The molecular weight excluding hydrogens is 354 g/mol. The van der Waals surface area contributed by atoms with Crippen molar-refractivity contribution in [1.29, 1.82) is 0 Å². The molecule has 0 spiro atoms. The fraction of sp³-hybridized carbons (Fsp3) is 0.500. The average Bonchev–Trinajstić information content (AvgIpc) is 2.32. The maximum Gasteiger partial charge on any atom is 0.408 e. The van der Waals surface area contributed by atoms with Crippen molar-refractivity contribution < 1.29 is 17.6 Å². The molecule has 21 heavy (non-hydrogen) atoms. The highest BCUT2D eigenvalue weighted by Crippen LogP contribution is 2.40. The summed E-state index contributed by atoms with van der Waals surface area (Å²) in [7, 11) is 0. The molecule has 1 aromatic carbocycles. The lowest BCUT2D eigenvalue weighted by Crippen LogP contribution is -2.49. The first kappa shape index (κ1) is 20.7. The van der Waals surface area contributed by atoms with Gasteiger partial charge in [-0.25, -0.2) is 4.39 Å². The van der Waals surface area contributed by atoms with Gasteiger partial charge in [0.15, 0.2) is 0 Å². The molecule has 1 saturated heterocycles. The molecule has 0 bridgehead atoms. The zero-order chi connectivity index (χ0) is 14.0. The largest absolute Gasteiger partial charge is 0.408 e. The van der Waals surface area contributed by atoms with E-state index in [-0.39, 0.29) is 48.5 Å². The second-order valence-electron chi connectivity index (χ2n) is 4.40. The molecule has 1 aliphatic heterocycles. The van der Waals surface area contributed by atoms with Gasteiger partial charge in [-0.1, -0.05) is 17.7 Å². The van der Waals surface area contributed by atoms with Crippen molar-refractivity contribution >= 4 is 36.4 Å². The van der Waals surface area contributed by atoms with Gasteiger partial charge in [0.25, 0.3) is 0 Å². The number of nitrogens with one attached hydrogen (secondary N) is 1. The topological polar surface area (TPSA) is 15.3 Å². The van der Waals surface area contributed by atoms with Gasteiger partial charge in [0.2, 0.25) is 0 Å². The summed E-state index contributed by atoms with van der Waals surface area (Å²) in [5, 5.41) is 2.80. The number of benzene rings is 1. The first-order valence-corrected chi connectivity index (χ1v) is 6.24. The first-order chi connectivity index (χ1) is 8.89. The van der Waals surface area contributed by atoms with E-state index >= 15 is 0 Å². The number of alkyl halides is 3. The van der Waals surface area contributed by atoms with Crippen molar-refractivity contribution in [2.45, 2.75) is 12.2 Å². The van der Waals surface area contributed by atoms with Gasteiger partial charge in [0.1, 0.15) is 11.9 Å². The van der Waals surface area contributed by atoms with Gasteiger partial charge in [-0.05, 0) is 17.7 Å². The Bertz CT molecular complexity index is 451. The van der Waals surface area contributed by atoms with Crippen molar-refractivity contribution in [3.63, 3.8) is 0 Å². The van der Waals surface area contributed by atoms with E-state index in [2.05, 4.69) is 5.32 Å². The predicted molar refractivity (Wildman–Crippen MR) is 79.1 cm³/mol. The third-order valence-electron chi connectivity index (χ3n) is 3.08. The number of hydrogen-bond acceptors (Lipinski definition) is 2. The fourth-order valence-corrected chi connectivity index (χ4v) is 2.51. The molecule has 0 unspecified atom stereocenters. The number of piperazine rings is 1. The van der Waals surface area contributed by atoms with Crippen LogP contribution >= 0.6 is 36.4 Å². The minimum Gasteiger partial charge on any atom is -0.314 e. The normalized spacial score (nSPS) is 17.6. The van der Waals surface area contributed by atoms with Crippen LogP contribution in [-0.4, -0.2) is 37.3 Å². The number of hydrogen-bond donors (Lipinski definition) is 1. The number of rotatable bonds is 2. The highest BCUT2D eigenvalue weighted by atomic mass is 35.5. The van der Waals surface area contributed by atoms with Gasteiger partial charge >= 0.3 is 6.18 Å².